The number of rotatable bonds is 4. The van der Waals surface area contributed by atoms with Gasteiger partial charge in [-0.2, -0.15) is 0 Å². The van der Waals surface area contributed by atoms with Gasteiger partial charge in [0, 0.05) is 19.0 Å². The molecule has 3 nitrogen and oxygen atoms in total. The maximum absolute atomic E-state index is 9.19. The minimum atomic E-state index is -1.18. The average Bonchev–Trinajstić information content (AvgIpc) is 2.77. The molecule has 2 N–H and O–H groups in total. The van der Waals surface area contributed by atoms with Gasteiger partial charge in [0.05, 0.1) is 0 Å². The molecule has 1 fully saturated rings. The molecule has 3 heteroatoms. The summed E-state index contributed by atoms with van der Waals surface area (Å²) in [5.74, 6) is 0.370. The van der Waals surface area contributed by atoms with Gasteiger partial charge in [0.25, 0.3) is 0 Å². The first-order valence-corrected chi connectivity index (χ1v) is 6.29. The van der Waals surface area contributed by atoms with Crippen LogP contribution in [-0.4, -0.2) is 34.5 Å². The Kier molecular flexibility index (Phi) is 4.15. The van der Waals surface area contributed by atoms with E-state index in [1.54, 1.807) is 0 Å². The van der Waals surface area contributed by atoms with Crippen molar-refractivity contribution in [1.29, 1.82) is 0 Å². The summed E-state index contributed by atoms with van der Waals surface area (Å²) in [4.78, 5) is 2.39. The van der Waals surface area contributed by atoms with Gasteiger partial charge in [-0.1, -0.05) is 37.3 Å². The number of aliphatic hydroxyl groups is 2. The van der Waals surface area contributed by atoms with Crippen LogP contribution in [0, 0.1) is 11.8 Å². The first-order valence-electron chi connectivity index (χ1n) is 6.29. The van der Waals surface area contributed by atoms with E-state index in [0.29, 0.717) is 5.92 Å². The average molecular weight is 235 g/mol. The second kappa shape index (κ2) is 5.63. The normalized spacial score (nSPS) is 23.2. The van der Waals surface area contributed by atoms with Gasteiger partial charge in [0.1, 0.15) is 0 Å². The van der Waals surface area contributed by atoms with Crippen molar-refractivity contribution in [3.05, 3.63) is 35.9 Å². The summed E-state index contributed by atoms with van der Waals surface area (Å²) in [6, 6.07) is 10.4. The molecule has 1 aromatic rings. The van der Waals surface area contributed by atoms with Crippen LogP contribution in [0.5, 0.6) is 0 Å². The zero-order chi connectivity index (χ0) is 12.3. The number of likely N-dealkylation sites (tertiary alicyclic amines) is 1. The second-order valence-corrected chi connectivity index (χ2v) is 5.04. The molecule has 2 unspecified atom stereocenters. The van der Waals surface area contributed by atoms with Crippen LogP contribution in [-0.2, 0) is 6.54 Å². The van der Waals surface area contributed by atoms with Crippen LogP contribution in [0.2, 0.25) is 0 Å². The molecule has 0 aromatic heterocycles. The van der Waals surface area contributed by atoms with Crippen molar-refractivity contribution >= 4 is 0 Å². The molecular weight excluding hydrogens is 214 g/mol. The molecule has 0 aliphatic carbocycles. The van der Waals surface area contributed by atoms with Crippen molar-refractivity contribution in [2.75, 3.05) is 13.1 Å². The summed E-state index contributed by atoms with van der Waals surface area (Å²) >= 11 is 0. The van der Waals surface area contributed by atoms with Crippen LogP contribution in [0.4, 0.5) is 0 Å². The van der Waals surface area contributed by atoms with Gasteiger partial charge in [0.15, 0.2) is 6.29 Å². The van der Waals surface area contributed by atoms with E-state index in [1.165, 1.54) is 5.56 Å². The lowest BCUT2D eigenvalue weighted by Gasteiger charge is -2.21. The highest BCUT2D eigenvalue weighted by Crippen LogP contribution is 2.26. The molecule has 0 spiro atoms. The predicted octanol–water partition coefficient (Wildman–Crippen LogP) is 1.46. The van der Waals surface area contributed by atoms with Crippen LogP contribution in [0.25, 0.3) is 0 Å². The van der Waals surface area contributed by atoms with Crippen LogP contribution < -0.4 is 0 Å². The van der Waals surface area contributed by atoms with Gasteiger partial charge in [-0.05, 0) is 24.4 Å². The van der Waals surface area contributed by atoms with E-state index in [9.17, 15) is 10.2 Å². The fourth-order valence-corrected chi connectivity index (χ4v) is 2.52. The second-order valence-electron chi connectivity index (χ2n) is 5.04. The first kappa shape index (κ1) is 12.6. The van der Waals surface area contributed by atoms with Crippen molar-refractivity contribution in [3.63, 3.8) is 0 Å². The Balaban J connectivity index is 1.86. The first-order chi connectivity index (χ1) is 8.16. The largest absolute Gasteiger partial charge is 0.368 e. The quantitative estimate of drug-likeness (QED) is 0.776. The number of benzene rings is 1. The van der Waals surface area contributed by atoms with Crippen LogP contribution in [0.1, 0.15) is 18.9 Å². The zero-order valence-corrected chi connectivity index (χ0v) is 10.3. The van der Waals surface area contributed by atoms with Gasteiger partial charge >= 0.3 is 0 Å². The van der Waals surface area contributed by atoms with Crippen molar-refractivity contribution in [3.8, 4) is 0 Å². The molecule has 2 atom stereocenters. The number of nitrogens with zero attached hydrogens (tertiary/aromatic N) is 1. The summed E-state index contributed by atoms with van der Waals surface area (Å²) in [6.45, 7) is 4.90. The van der Waals surface area contributed by atoms with Gasteiger partial charge in [-0.15, -0.1) is 0 Å². The van der Waals surface area contributed by atoms with Gasteiger partial charge in [-0.3, -0.25) is 4.90 Å². The summed E-state index contributed by atoms with van der Waals surface area (Å²) in [5, 5.41) is 18.4. The zero-order valence-electron chi connectivity index (χ0n) is 10.3. The van der Waals surface area contributed by atoms with Crippen LogP contribution in [0.15, 0.2) is 30.3 Å². The SMILES string of the molecule is CC(C(O)O)C1CCN(Cc2ccccc2)C1. The Bertz CT molecular complexity index is 339. The van der Waals surface area contributed by atoms with Crippen molar-refractivity contribution in [1.82, 2.24) is 4.90 Å². The van der Waals surface area contributed by atoms with E-state index in [0.717, 1.165) is 26.1 Å². The minimum Gasteiger partial charge on any atom is -0.368 e. The van der Waals surface area contributed by atoms with Crippen LogP contribution >= 0.6 is 0 Å². The van der Waals surface area contributed by atoms with Crippen molar-refractivity contribution in [2.24, 2.45) is 11.8 Å². The van der Waals surface area contributed by atoms with E-state index >= 15 is 0 Å². The molecule has 2 rings (SSSR count). The molecule has 1 heterocycles. The van der Waals surface area contributed by atoms with E-state index in [-0.39, 0.29) is 5.92 Å². The Morgan fingerprint density at radius 3 is 2.65 bits per heavy atom. The molecule has 94 valence electrons. The summed E-state index contributed by atoms with van der Waals surface area (Å²) in [6.07, 6.45) is -0.123. The maximum atomic E-state index is 9.19. The summed E-state index contributed by atoms with van der Waals surface area (Å²) in [5.41, 5.74) is 1.32. The molecule has 0 radical (unpaired) electrons. The third kappa shape index (κ3) is 3.28. The molecule has 1 saturated heterocycles. The third-order valence-electron chi connectivity index (χ3n) is 3.77. The Labute approximate surface area is 103 Å². The number of hydrogen-bond acceptors (Lipinski definition) is 3. The number of hydrogen-bond donors (Lipinski definition) is 2. The lowest BCUT2D eigenvalue weighted by Crippen LogP contribution is -2.28. The highest BCUT2D eigenvalue weighted by molar-refractivity contribution is 5.14. The maximum Gasteiger partial charge on any atom is 0.154 e. The van der Waals surface area contributed by atoms with Gasteiger partial charge in [-0.25, -0.2) is 0 Å². The molecule has 1 aromatic carbocycles. The Morgan fingerprint density at radius 2 is 2.00 bits per heavy atom. The third-order valence-corrected chi connectivity index (χ3v) is 3.77. The Hall–Kier alpha value is -0.900. The lowest BCUT2D eigenvalue weighted by molar-refractivity contribution is -0.0930. The monoisotopic (exact) mass is 235 g/mol. The molecular formula is C14H21NO2. The molecule has 0 saturated carbocycles. The van der Waals surface area contributed by atoms with E-state index in [1.807, 2.05) is 13.0 Å². The van der Waals surface area contributed by atoms with Gasteiger partial charge in [0.2, 0.25) is 0 Å². The lowest BCUT2D eigenvalue weighted by atomic mass is 9.93. The minimum absolute atomic E-state index is 0.0317. The smallest absolute Gasteiger partial charge is 0.154 e. The molecule has 1 aliphatic rings. The van der Waals surface area contributed by atoms with Gasteiger partial charge < -0.3 is 10.2 Å². The van der Waals surface area contributed by atoms with Crippen LogP contribution in [0.3, 0.4) is 0 Å². The number of aliphatic hydroxyl groups excluding tert-OH is 1. The van der Waals surface area contributed by atoms with E-state index < -0.39 is 6.29 Å². The van der Waals surface area contributed by atoms with E-state index in [4.69, 9.17) is 0 Å². The molecule has 0 bridgehead atoms. The van der Waals surface area contributed by atoms with Crippen molar-refractivity contribution < 1.29 is 10.2 Å². The molecule has 17 heavy (non-hydrogen) atoms. The summed E-state index contributed by atoms with van der Waals surface area (Å²) in [7, 11) is 0. The fraction of sp³-hybridized carbons (Fsp3) is 0.571. The fourth-order valence-electron chi connectivity index (χ4n) is 2.52. The standard InChI is InChI=1S/C14H21NO2/c1-11(14(16)17)13-7-8-15(10-13)9-12-5-3-2-4-6-12/h2-6,11,13-14,16-17H,7-10H2,1H3. The van der Waals surface area contributed by atoms with Crippen molar-refractivity contribution in [2.45, 2.75) is 26.2 Å². The molecule has 0 amide bonds. The summed E-state index contributed by atoms with van der Waals surface area (Å²) < 4.78 is 0. The highest BCUT2D eigenvalue weighted by Gasteiger charge is 2.29. The topological polar surface area (TPSA) is 43.7 Å². The van der Waals surface area contributed by atoms with E-state index in [2.05, 4.69) is 29.2 Å². The molecule has 1 aliphatic heterocycles. The highest BCUT2D eigenvalue weighted by atomic mass is 16.5. The Morgan fingerprint density at radius 1 is 1.29 bits per heavy atom. The predicted molar refractivity (Wildman–Crippen MR) is 67.2 cm³/mol.